The van der Waals surface area contributed by atoms with Crippen LogP contribution in [-0.2, 0) is 16.6 Å². The number of rotatable bonds is 9. The van der Waals surface area contributed by atoms with Crippen molar-refractivity contribution >= 4 is 28.5 Å². The second-order valence-electron chi connectivity index (χ2n) is 8.14. The van der Waals surface area contributed by atoms with E-state index in [2.05, 4.69) is 18.1 Å². The van der Waals surface area contributed by atoms with Gasteiger partial charge in [0.1, 0.15) is 10.7 Å². The van der Waals surface area contributed by atoms with Gasteiger partial charge in [-0.1, -0.05) is 49.7 Å². The number of halogens is 2. The minimum atomic E-state index is -2.74. The van der Waals surface area contributed by atoms with Crippen molar-refractivity contribution in [2.75, 3.05) is 12.4 Å². The number of hydrogen-bond donors (Lipinski definition) is 0. The Bertz CT molecular complexity index is 945. The summed E-state index contributed by atoms with van der Waals surface area (Å²) in [6.07, 6.45) is 4.66. The number of alkyl halides is 2. The van der Waals surface area contributed by atoms with E-state index in [1.165, 1.54) is 30.1 Å². The van der Waals surface area contributed by atoms with Gasteiger partial charge in [0.2, 0.25) is 0 Å². The van der Waals surface area contributed by atoms with Gasteiger partial charge in [-0.05, 0) is 49.7 Å². The van der Waals surface area contributed by atoms with Crippen LogP contribution in [0.4, 0.5) is 14.5 Å². The smallest absolute Gasteiger partial charge is 0.316 e. The lowest BCUT2D eigenvalue weighted by Gasteiger charge is -2.15. The van der Waals surface area contributed by atoms with E-state index in [0.29, 0.717) is 11.0 Å². The Morgan fingerprint density at radius 1 is 1.31 bits per heavy atom. The number of hydrogen-bond acceptors (Lipinski definition) is 5. The summed E-state index contributed by atoms with van der Waals surface area (Å²) in [7, 11) is 1.60. The first-order valence-electron chi connectivity index (χ1n) is 11.2. The van der Waals surface area contributed by atoms with Gasteiger partial charge in [0, 0.05) is 13.2 Å². The van der Waals surface area contributed by atoms with Crippen molar-refractivity contribution in [2.45, 2.75) is 58.3 Å². The molecule has 3 rings (SSSR count). The number of aliphatic imine (C=N–C) groups is 1. The summed E-state index contributed by atoms with van der Waals surface area (Å²) in [6.45, 7) is 4.22. The Hall–Kier alpha value is -2.22. The highest BCUT2D eigenvalue weighted by molar-refractivity contribution is 8.15. The van der Waals surface area contributed by atoms with E-state index in [0.717, 1.165) is 41.8 Å². The molecule has 1 aromatic heterocycles. The molecule has 0 N–H and O–H groups in total. The molecule has 32 heavy (non-hydrogen) atoms. The number of esters is 1. The number of para-hydroxylation sites is 1. The summed E-state index contributed by atoms with van der Waals surface area (Å²) in [4.78, 5) is 16.8. The predicted octanol–water partition coefficient (Wildman–Crippen LogP) is 6.42. The van der Waals surface area contributed by atoms with Gasteiger partial charge in [0.05, 0.1) is 23.6 Å². The van der Waals surface area contributed by atoms with E-state index in [1.54, 1.807) is 14.0 Å². The van der Waals surface area contributed by atoms with Crippen LogP contribution in [0.1, 0.15) is 75.1 Å². The SMILES string of the molecule is CCCC1CCC(c2ccccc2N=C(SCC(=O)OCC)c2cn(C)nc2C(F)F)C1. The van der Waals surface area contributed by atoms with Crippen LogP contribution in [0.3, 0.4) is 0 Å². The Kier molecular flexibility index (Phi) is 8.84. The molecule has 0 spiro atoms. The molecule has 1 aliphatic carbocycles. The summed E-state index contributed by atoms with van der Waals surface area (Å²) in [5, 5.41) is 4.28. The van der Waals surface area contributed by atoms with Gasteiger partial charge >= 0.3 is 5.97 Å². The van der Waals surface area contributed by atoms with Crippen molar-refractivity contribution in [3.63, 3.8) is 0 Å². The predicted molar refractivity (Wildman–Crippen MR) is 125 cm³/mol. The summed E-state index contributed by atoms with van der Waals surface area (Å²) in [5.74, 6) is 0.725. The minimum Gasteiger partial charge on any atom is -0.465 e. The highest BCUT2D eigenvalue weighted by Crippen LogP contribution is 2.43. The Morgan fingerprint density at radius 2 is 2.09 bits per heavy atom. The fraction of sp³-hybridized carbons (Fsp3) is 0.542. The van der Waals surface area contributed by atoms with Crippen LogP contribution in [-0.4, -0.2) is 33.2 Å². The third kappa shape index (κ3) is 6.18. The number of ether oxygens (including phenoxy) is 1. The van der Waals surface area contributed by atoms with E-state index in [4.69, 9.17) is 9.73 Å². The zero-order chi connectivity index (χ0) is 23.1. The highest BCUT2D eigenvalue weighted by Gasteiger charge is 2.28. The Morgan fingerprint density at radius 3 is 2.81 bits per heavy atom. The molecule has 0 amide bonds. The fourth-order valence-corrected chi connectivity index (χ4v) is 5.22. The van der Waals surface area contributed by atoms with Crippen LogP contribution >= 0.6 is 11.8 Å². The van der Waals surface area contributed by atoms with Gasteiger partial charge in [-0.15, -0.1) is 0 Å². The molecule has 5 nitrogen and oxygen atoms in total. The van der Waals surface area contributed by atoms with Gasteiger partial charge in [-0.25, -0.2) is 13.8 Å². The largest absolute Gasteiger partial charge is 0.465 e. The van der Waals surface area contributed by atoms with Crippen LogP contribution in [0.25, 0.3) is 0 Å². The minimum absolute atomic E-state index is 0.00554. The lowest BCUT2D eigenvalue weighted by molar-refractivity contribution is -0.139. The van der Waals surface area contributed by atoms with Crippen molar-refractivity contribution < 1.29 is 18.3 Å². The molecule has 0 saturated heterocycles. The molecule has 0 radical (unpaired) electrons. The first kappa shape index (κ1) is 24.4. The Balaban J connectivity index is 1.97. The molecular formula is C24H31F2N3O2S. The van der Waals surface area contributed by atoms with Gasteiger partial charge in [-0.2, -0.15) is 5.10 Å². The summed E-state index contributed by atoms with van der Waals surface area (Å²) in [6, 6.07) is 7.92. The molecule has 0 bridgehead atoms. The molecule has 2 atom stereocenters. The zero-order valence-electron chi connectivity index (χ0n) is 18.9. The average Bonchev–Trinajstić information content (AvgIpc) is 3.38. The molecule has 174 valence electrons. The maximum Gasteiger partial charge on any atom is 0.316 e. The molecule has 1 aromatic carbocycles. The van der Waals surface area contributed by atoms with Crippen LogP contribution in [0.5, 0.6) is 0 Å². The zero-order valence-corrected chi connectivity index (χ0v) is 19.7. The van der Waals surface area contributed by atoms with Crippen LogP contribution in [0.2, 0.25) is 0 Å². The maximum atomic E-state index is 13.7. The number of nitrogens with zero attached hydrogens (tertiary/aromatic N) is 3. The molecule has 8 heteroatoms. The van der Waals surface area contributed by atoms with Crippen LogP contribution in [0, 0.1) is 5.92 Å². The first-order valence-corrected chi connectivity index (χ1v) is 12.2. The number of benzene rings is 1. The third-order valence-corrected chi connectivity index (χ3v) is 6.73. The molecule has 0 aliphatic heterocycles. The summed E-state index contributed by atoms with van der Waals surface area (Å²) >= 11 is 1.11. The van der Waals surface area contributed by atoms with Crippen molar-refractivity contribution in [3.05, 3.63) is 47.3 Å². The van der Waals surface area contributed by atoms with Gasteiger partial charge in [0.15, 0.2) is 0 Å². The third-order valence-electron chi connectivity index (χ3n) is 5.76. The lowest BCUT2D eigenvalue weighted by Crippen LogP contribution is -2.10. The van der Waals surface area contributed by atoms with E-state index >= 15 is 0 Å². The summed E-state index contributed by atoms with van der Waals surface area (Å²) < 4.78 is 33.7. The van der Waals surface area contributed by atoms with E-state index in [-0.39, 0.29) is 23.6 Å². The topological polar surface area (TPSA) is 56.5 Å². The molecule has 1 heterocycles. The monoisotopic (exact) mass is 463 g/mol. The lowest BCUT2D eigenvalue weighted by atomic mass is 9.93. The van der Waals surface area contributed by atoms with E-state index < -0.39 is 12.4 Å². The van der Waals surface area contributed by atoms with E-state index in [1.807, 2.05) is 18.2 Å². The number of carbonyl (C=O) groups is 1. The van der Waals surface area contributed by atoms with Crippen LogP contribution in [0.15, 0.2) is 35.5 Å². The quantitative estimate of drug-likeness (QED) is 0.245. The molecule has 2 aromatic rings. The molecule has 2 unspecified atom stereocenters. The number of thioether (sulfide) groups is 1. The summed E-state index contributed by atoms with van der Waals surface area (Å²) in [5.41, 5.74) is 1.83. The number of carbonyl (C=O) groups excluding carboxylic acids is 1. The average molecular weight is 464 g/mol. The maximum absolute atomic E-state index is 13.7. The van der Waals surface area contributed by atoms with Gasteiger partial charge < -0.3 is 4.74 Å². The van der Waals surface area contributed by atoms with Gasteiger partial charge in [0.25, 0.3) is 6.43 Å². The highest BCUT2D eigenvalue weighted by atomic mass is 32.2. The number of aromatic nitrogens is 2. The van der Waals surface area contributed by atoms with Crippen molar-refractivity contribution in [1.29, 1.82) is 0 Å². The van der Waals surface area contributed by atoms with Crippen LogP contribution < -0.4 is 0 Å². The van der Waals surface area contributed by atoms with E-state index in [9.17, 15) is 13.6 Å². The molecule has 1 saturated carbocycles. The first-order chi connectivity index (χ1) is 15.4. The fourth-order valence-electron chi connectivity index (χ4n) is 4.40. The molecule has 1 fully saturated rings. The Labute approximate surface area is 192 Å². The number of aryl methyl sites for hydroxylation is 1. The molecule has 1 aliphatic rings. The normalized spacial score (nSPS) is 19.0. The van der Waals surface area contributed by atoms with Crippen molar-refractivity contribution in [2.24, 2.45) is 18.0 Å². The standard InChI is InChI=1S/C24H31F2N3O2S/c1-4-8-16-11-12-17(13-16)18-9-6-7-10-20(18)27-24(32-15-21(30)31-5-2)19-14-29(3)28-22(19)23(25)26/h6-7,9-10,14,16-17,23H,4-5,8,11-13,15H2,1-3H3. The second-order valence-corrected chi connectivity index (χ2v) is 9.10. The van der Waals surface area contributed by atoms with Crippen molar-refractivity contribution in [1.82, 2.24) is 9.78 Å². The van der Waals surface area contributed by atoms with Gasteiger partial charge in [-0.3, -0.25) is 9.48 Å². The second kappa shape index (κ2) is 11.6. The van der Waals surface area contributed by atoms with Crippen molar-refractivity contribution in [3.8, 4) is 0 Å². The molecular weight excluding hydrogens is 432 g/mol.